The Hall–Kier alpha value is -0.870. The van der Waals surface area contributed by atoms with Crippen LogP contribution in [0.15, 0.2) is 17.8 Å². The number of fused-ring (bicyclic) bond motifs is 1. The van der Waals surface area contributed by atoms with E-state index in [1.54, 1.807) is 11.3 Å². The first-order valence-corrected chi connectivity index (χ1v) is 8.72. The molecule has 0 amide bonds. The fourth-order valence-electron chi connectivity index (χ4n) is 2.85. The predicted octanol–water partition coefficient (Wildman–Crippen LogP) is 4.13. The Bertz CT molecular complexity index is 478. The summed E-state index contributed by atoms with van der Waals surface area (Å²) in [6, 6.07) is 0. The fraction of sp³-hybridized carbons (Fsp3) is 0.688. The van der Waals surface area contributed by atoms with Gasteiger partial charge in [-0.2, -0.15) is 0 Å². The minimum atomic E-state index is 0.357. The third-order valence-electron chi connectivity index (χ3n) is 4.26. The van der Waals surface area contributed by atoms with Gasteiger partial charge < -0.3 is 5.32 Å². The number of hydrogen-bond donors (Lipinski definition) is 1. The van der Waals surface area contributed by atoms with Crippen LogP contribution in [-0.4, -0.2) is 22.5 Å². The van der Waals surface area contributed by atoms with Crippen molar-refractivity contribution in [3.05, 3.63) is 23.5 Å². The summed E-state index contributed by atoms with van der Waals surface area (Å²) in [5.41, 5.74) is 1.60. The molecule has 0 aliphatic heterocycles. The van der Waals surface area contributed by atoms with Crippen molar-refractivity contribution in [2.24, 2.45) is 5.41 Å². The number of aromatic nitrogens is 2. The van der Waals surface area contributed by atoms with E-state index in [-0.39, 0.29) is 0 Å². The summed E-state index contributed by atoms with van der Waals surface area (Å²) >= 11 is 1.71. The highest BCUT2D eigenvalue weighted by Gasteiger charge is 2.28. The Morgan fingerprint density at radius 3 is 2.85 bits per heavy atom. The van der Waals surface area contributed by atoms with E-state index in [9.17, 15) is 0 Å². The lowest BCUT2D eigenvalue weighted by Gasteiger charge is -2.32. The van der Waals surface area contributed by atoms with Crippen molar-refractivity contribution in [2.75, 3.05) is 13.1 Å². The molecule has 0 radical (unpaired) electrons. The Morgan fingerprint density at radius 1 is 1.35 bits per heavy atom. The molecule has 2 heterocycles. The lowest BCUT2D eigenvalue weighted by Crippen LogP contribution is -2.36. The Labute approximate surface area is 126 Å². The molecule has 112 valence electrons. The van der Waals surface area contributed by atoms with E-state index in [1.807, 2.05) is 0 Å². The van der Waals surface area contributed by atoms with E-state index in [0.717, 1.165) is 24.5 Å². The van der Waals surface area contributed by atoms with Gasteiger partial charge >= 0.3 is 0 Å². The molecule has 0 fully saturated rings. The molecule has 0 aromatic carbocycles. The Balaban J connectivity index is 2.13. The highest BCUT2D eigenvalue weighted by molar-refractivity contribution is 7.15. The Kier molecular flexibility index (Phi) is 5.61. The monoisotopic (exact) mass is 293 g/mol. The molecule has 3 nitrogen and oxygen atoms in total. The number of nitrogens with zero attached hydrogens (tertiary/aromatic N) is 2. The molecule has 0 saturated heterocycles. The van der Waals surface area contributed by atoms with Crippen molar-refractivity contribution in [1.29, 1.82) is 0 Å². The van der Waals surface area contributed by atoms with E-state index < -0.39 is 0 Å². The lowest BCUT2D eigenvalue weighted by atomic mass is 9.76. The second-order valence-corrected chi connectivity index (χ2v) is 6.61. The van der Waals surface area contributed by atoms with Crippen LogP contribution in [0, 0.1) is 5.41 Å². The average Bonchev–Trinajstić information content (AvgIpc) is 3.03. The van der Waals surface area contributed by atoms with Gasteiger partial charge in [-0.25, -0.2) is 4.98 Å². The summed E-state index contributed by atoms with van der Waals surface area (Å²) in [5, 5.41) is 5.66. The molecule has 2 rings (SSSR count). The SMILES string of the molecule is CCCCC(CC)(CNCC)Cc1cn2ccsc2n1. The maximum absolute atomic E-state index is 4.78. The third kappa shape index (κ3) is 3.61. The molecular formula is C16H27N3S. The van der Waals surface area contributed by atoms with Crippen molar-refractivity contribution in [3.8, 4) is 0 Å². The smallest absolute Gasteiger partial charge is 0.193 e. The van der Waals surface area contributed by atoms with Gasteiger partial charge in [0.05, 0.1) is 5.69 Å². The fourth-order valence-corrected chi connectivity index (χ4v) is 3.57. The molecule has 2 aromatic rings. The van der Waals surface area contributed by atoms with Crippen LogP contribution >= 0.6 is 11.3 Å². The summed E-state index contributed by atoms with van der Waals surface area (Å²) in [7, 11) is 0. The normalized spacial score (nSPS) is 14.8. The molecule has 20 heavy (non-hydrogen) atoms. The number of imidazole rings is 1. The maximum atomic E-state index is 4.78. The summed E-state index contributed by atoms with van der Waals surface area (Å²) in [4.78, 5) is 5.89. The second-order valence-electron chi connectivity index (χ2n) is 5.74. The largest absolute Gasteiger partial charge is 0.316 e. The highest BCUT2D eigenvalue weighted by Crippen LogP contribution is 2.32. The van der Waals surface area contributed by atoms with Crippen LogP contribution in [0.3, 0.4) is 0 Å². The van der Waals surface area contributed by atoms with Crippen molar-refractivity contribution in [1.82, 2.24) is 14.7 Å². The van der Waals surface area contributed by atoms with E-state index in [2.05, 4.69) is 48.3 Å². The maximum Gasteiger partial charge on any atom is 0.193 e. The van der Waals surface area contributed by atoms with Gasteiger partial charge in [0.2, 0.25) is 0 Å². The standard InChI is InChI=1S/C16H27N3S/c1-4-7-8-16(5-2,13-17-6-3)11-14-12-19-9-10-20-15(19)18-14/h9-10,12,17H,4-8,11,13H2,1-3H3. The number of unbranched alkanes of at least 4 members (excludes halogenated alkanes) is 1. The second kappa shape index (κ2) is 7.23. The van der Waals surface area contributed by atoms with Gasteiger partial charge in [-0.3, -0.25) is 4.40 Å². The number of rotatable bonds is 9. The van der Waals surface area contributed by atoms with Gasteiger partial charge in [0.1, 0.15) is 0 Å². The molecule has 2 aromatic heterocycles. The van der Waals surface area contributed by atoms with Gasteiger partial charge in [0, 0.05) is 24.3 Å². The number of thiazole rings is 1. The minimum absolute atomic E-state index is 0.357. The first-order valence-electron chi connectivity index (χ1n) is 7.85. The van der Waals surface area contributed by atoms with Crippen LogP contribution in [0.2, 0.25) is 0 Å². The molecule has 4 heteroatoms. The average molecular weight is 293 g/mol. The molecule has 0 saturated carbocycles. The predicted molar refractivity (Wildman–Crippen MR) is 87.6 cm³/mol. The minimum Gasteiger partial charge on any atom is -0.316 e. The number of nitrogens with one attached hydrogen (secondary N) is 1. The van der Waals surface area contributed by atoms with Crippen LogP contribution in [0.25, 0.3) is 4.96 Å². The summed E-state index contributed by atoms with van der Waals surface area (Å²) in [6.45, 7) is 8.94. The molecule has 0 spiro atoms. The van der Waals surface area contributed by atoms with E-state index in [0.29, 0.717) is 5.41 Å². The van der Waals surface area contributed by atoms with Crippen LogP contribution in [0.5, 0.6) is 0 Å². The van der Waals surface area contributed by atoms with Gasteiger partial charge in [0.25, 0.3) is 0 Å². The molecule has 1 atom stereocenters. The van der Waals surface area contributed by atoms with Crippen LogP contribution in [-0.2, 0) is 6.42 Å². The lowest BCUT2D eigenvalue weighted by molar-refractivity contribution is 0.229. The van der Waals surface area contributed by atoms with Crippen molar-refractivity contribution in [3.63, 3.8) is 0 Å². The van der Waals surface area contributed by atoms with Crippen LogP contribution in [0.4, 0.5) is 0 Å². The zero-order valence-corrected chi connectivity index (χ0v) is 13.8. The molecule has 1 unspecified atom stereocenters. The first-order chi connectivity index (χ1) is 9.73. The van der Waals surface area contributed by atoms with Crippen molar-refractivity contribution >= 4 is 16.3 Å². The molecule has 0 aliphatic carbocycles. The summed E-state index contributed by atoms with van der Waals surface area (Å²) in [6.07, 6.45) is 10.5. The molecule has 1 N–H and O–H groups in total. The topological polar surface area (TPSA) is 29.3 Å². The van der Waals surface area contributed by atoms with E-state index in [4.69, 9.17) is 4.98 Å². The zero-order chi connectivity index (χ0) is 14.4. The molecule has 0 bridgehead atoms. The van der Waals surface area contributed by atoms with Gasteiger partial charge in [0.15, 0.2) is 4.96 Å². The van der Waals surface area contributed by atoms with Crippen molar-refractivity contribution < 1.29 is 0 Å². The van der Waals surface area contributed by atoms with Crippen molar-refractivity contribution in [2.45, 2.75) is 52.9 Å². The zero-order valence-electron chi connectivity index (χ0n) is 13.0. The molecule has 0 aliphatic rings. The van der Waals surface area contributed by atoms with Gasteiger partial charge in [-0.1, -0.05) is 33.6 Å². The van der Waals surface area contributed by atoms with Crippen LogP contribution in [0.1, 0.15) is 52.1 Å². The summed E-state index contributed by atoms with van der Waals surface area (Å²) in [5.74, 6) is 0. The van der Waals surface area contributed by atoms with E-state index in [1.165, 1.54) is 31.4 Å². The number of hydrogen-bond acceptors (Lipinski definition) is 3. The van der Waals surface area contributed by atoms with Crippen LogP contribution < -0.4 is 5.32 Å². The summed E-state index contributed by atoms with van der Waals surface area (Å²) < 4.78 is 2.15. The quantitative estimate of drug-likeness (QED) is 0.753. The van der Waals surface area contributed by atoms with Gasteiger partial charge in [-0.15, -0.1) is 11.3 Å². The Morgan fingerprint density at radius 2 is 2.20 bits per heavy atom. The highest BCUT2D eigenvalue weighted by atomic mass is 32.1. The van der Waals surface area contributed by atoms with Gasteiger partial charge in [-0.05, 0) is 31.2 Å². The first kappa shape index (κ1) is 15.5. The van der Waals surface area contributed by atoms with E-state index >= 15 is 0 Å². The molecular weight excluding hydrogens is 266 g/mol. The third-order valence-corrected chi connectivity index (χ3v) is 5.03.